The molecule has 10 heteroatoms. The van der Waals surface area contributed by atoms with Crippen molar-refractivity contribution in [1.29, 1.82) is 0 Å². The van der Waals surface area contributed by atoms with Gasteiger partial charge in [0.1, 0.15) is 0 Å². The lowest BCUT2D eigenvalue weighted by Crippen LogP contribution is -2.52. The minimum Gasteiger partial charge on any atom is -0.452 e. The molecule has 3 heterocycles. The fourth-order valence-corrected chi connectivity index (χ4v) is 4.52. The molecule has 33 heavy (non-hydrogen) atoms. The highest BCUT2D eigenvalue weighted by atomic mass is 16.6. The molecule has 3 aliphatic rings. The van der Waals surface area contributed by atoms with Crippen molar-refractivity contribution < 1.29 is 19.1 Å². The van der Waals surface area contributed by atoms with Crippen LogP contribution in [0.2, 0.25) is 0 Å². The van der Waals surface area contributed by atoms with Gasteiger partial charge in [-0.2, -0.15) is 0 Å². The van der Waals surface area contributed by atoms with Gasteiger partial charge in [0.05, 0.1) is 37.2 Å². The van der Waals surface area contributed by atoms with Crippen molar-refractivity contribution in [2.45, 2.75) is 32.9 Å². The van der Waals surface area contributed by atoms with E-state index in [1.54, 1.807) is 9.80 Å². The third kappa shape index (κ3) is 5.07. The number of rotatable bonds is 4. The van der Waals surface area contributed by atoms with Crippen LogP contribution in [0.1, 0.15) is 26.3 Å². The van der Waals surface area contributed by atoms with Crippen LogP contribution in [0.15, 0.2) is 24.4 Å². The maximum Gasteiger partial charge on any atom is 0.414 e. The lowest BCUT2D eigenvalue weighted by molar-refractivity contribution is 0.121. The molecule has 0 spiro atoms. The summed E-state index contributed by atoms with van der Waals surface area (Å²) in [5.41, 5.74) is 6.82. The first-order valence-corrected chi connectivity index (χ1v) is 11.5. The van der Waals surface area contributed by atoms with E-state index < -0.39 is 12.2 Å². The monoisotopic (exact) mass is 458 g/mol. The van der Waals surface area contributed by atoms with E-state index in [1.807, 2.05) is 39.0 Å². The molecule has 0 unspecified atom stereocenters. The van der Waals surface area contributed by atoms with E-state index in [-0.39, 0.29) is 12.1 Å². The highest BCUT2D eigenvalue weighted by molar-refractivity contribution is 6.01. The number of fused-ring (bicyclic) bond motifs is 1. The summed E-state index contributed by atoms with van der Waals surface area (Å²) in [4.78, 5) is 28.6. The normalized spacial score (nSPS) is 21.2. The lowest BCUT2D eigenvalue weighted by Gasteiger charge is -2.40. The smallest absolute Gasteiger partial charge is 0.414 e. The van der Waals surface area contributed by atoms with E-state index in [9.17, 15) is 9.59 Å². The lowest BCUT2D eigenvalue weighted by atomic mass is 10.0. The molecule has 180 valence electrons. The van der Waals surface area contributed by atoms with Crippen molar-refractivity contribution in [3.05, 3.63) is 30.0 Å². The van der Waals surface area contributed by atoms with Crippen molar-refractivity contribution in [3.8, 4) is 0 Å². The maximum atomic E-state index is 12.9. The molecular formula is C23H34N6O4. The summed E-state index contributed by atoms with van der Waals surface area (Å²) in [6.07, 6.45) is 1.02. The van der Waals surface area contributed by atoms with Gasteiger partial charge in [0.2, 0.25) is 0 Å². The van der Waals surface area contributed by atoms with Crippen LogP contribution in [0.4, 0.5) is 21.0 Å². The Balaban J connectivity index is 1.62. The zero-order valence-corrected chi connectivity index (χ0v) is 19.8. The number of carbonyl (C=O) groups excluding carboxylic acids is 2. The van der Waals surface area contributed by atoms with Crippen LogP contribution < -0.4 is 25.9 Å². The number of nitrogens with zero attached hydrogens (tertiary/aromatic N) is 3. The minimum atomic E-state index is -0.448. The van der Waals surface area contributed by atoms with Gasteiger partial charge in [-0.3, -0.25) is 9.80 Å². The van der Waals surface area contributed by atoms with Gasteiger partial charge in [-0.05, 0) is 44.0 Å². The van der Waals surface area contributed by atoms with Gasteiger partial charge in [-0.15, -0.1) is 0 Å². The molecule has 1 atom stereocenters. The molecule has 1 aromatic rings. The Morgan fingerprint density at radius 2 is 1.91 bits per heavy atom. The summed E-state index contributed by atoms with van der Waals surface area (Å²) in [7, 11) is 1.36. The van der Waals surface area contributed by atoms with E-state index >= 15 is 0 Å². The molecule has 4 rings (SSSR count). The second kappa shape index (κ2) is 9.98. The molecule has 3 aliphatic heterocycles. The number of ether oxygens (including phenoxy) is 2. The molecule has 1 aromatic carbocycles. The molecule has 10 nitrogen and oxygen atoms in total. The third-order valence-corrected chi connectivity index (χ3v) is 6.07. The molecule has 1 fully saturated rings. The number of carbonyl (C=O) groups is 2. The first-order valence-electron chi connectivity index (χ1n) is 11.5. The highest BCUT2D eigenvalue weighted by Crippen LogP contribution is 2.39. The Morgan fingerprint density at radius 3 is 2.61 bits per heavy atom. The summed E-state index contributed by atoms with van der Waals surface area (Å²) >= 11 is 0. The first-order chi connectivity index (χ1) is 15.9. The second-order valence-corrected chi connectivity index (χ2v) is 9.03. The van der Waals surface area contributed by atoms with Gasteiger partial charge >= 0.3 is 12.2 Å². The number of nitrogens with one attached hydrogen (secondary N) is 3. The van der Waals surface area contributed by atoms with Crippen LogP contribution >= 0.6 is 0 Å². The highest BCUT2D eigenvalue weighted by Gasteiger charge is 2.37. The number of anilines is 2. The van der Waals surface area contributed by atoms with Crippen LogP contribution in [0.25, 0.3) is 5.57 Å². The summed E-state index contributed by atoms with van der Waals surface area (Å²) in [5.74, 6) is 0.516. The van der Waals surface area contributed by atoms with Crippen LogP contribution in [0.5, 0.6) is 0 Å². The number of amides is 2. The average Bonchev–Trinajstić information content (AvgIpc) is 3.26. The molecule has 0 bridgehead atoms. The summed E-state index contributed by atoms with van der Waals surface area (Å²) < 4.78 is 10.5. The van der Waals surface area contributed by atoms with E-state index in [0.29, 0.717) is 30.4 Å². The Kier molecular flexibility index (Phi) is 7.06. The average molecular weight is 459 g/mol. The molecule has 1 saturated heterocycles. The molecule has 2 amide bonds. The van der Waals surface area contributed by atoms with Gasteiger partial charge < -0.3 is 25.1 Å². The Hall–Kier alpha value is -2.82. The van der Waals surface area contributed by atoms with Gasteiger partial charge in [0.25, 0.3) is 0 Å². The number of hydrazine groups is 1. The standard InChI is InChI=1S/C23H34N6O4/c1-15(2)33-22(30)28-11-16(3)29(23(31)32-4)20-6-5-18(7-21(20)28)19-10-26-27(13-19)12-17-8-24-14-25-9-17/h5-7,13,15-17,24-26H,8-12,14H2,1-4H3/t16-/m0/s1. The van der Waals surface area contributed by atoms with E-state index in [2.05, 4.69) is 27.3 Å². The number of hydrogen-bond acceptors (Lipinski definition) is 8. The second-order valence-electron chi connectivity index (χ2n) is 9.03. The zero-order valence-electron chi connectivity index (χ0n) is 19.8. The van der Waals surface area contributed by atoms with Crippen molar-refractivity contribution >= 4 is 29.1 Å². The Bertz CT molecular complexity index is 914. The molecule has 3 N–H and O–H groups in total. The fraction of sp³-hybridized carbons (Fsp3) is 0.565. The van der Waals surface area contributed by atoms with Crippen molar-refractivity contribution in [1.82, 2.24) is 21.1 Å². The molecular weight excluding hydrogens is 424 g/mol. The van der Waals surface area contributed by atoms with Crippen LogP contribution in [0, 0.1) is 5.92 Å². The van der Waals surface area contributed by atoms with Crippen LogP contribution in [0.3, 0.4) is 0 Å². The number of hydrogen-bond donors (Lipinski definition) is 3. The Labute approximate surface area is 194 Å². The summed E-state index contributed by atoms with van der Waals surface area (Å²) in [6, 6.07) is 5.57. The van der Waals surface area contributed by atoms with E-state index in [4.69, 9.17) is 9.47 Å². The largest absolute Gasteiger partial charge is 0.452 e. The van der Waals surface area contributed by atoms with Gasteiger partial charge in [0.15, 0.2) is 0 Å². The predicted molar refractivity (Wildman–Crippen MR) is 127 cm³/mol. The summed E-state index contributed by atoms with van der Waals surface area (Å²) in [5, 5.41) is 8.84. The quantitative estimate of drug-likeness (QED) is 0.630. The van der Waals surface area contributed by atoms with Crippen molar-refractivity contribution in [2.24, 2.45) is 5.92 Å². The summed E-state index contributed by atoms with van der Waals surface area (Å²) in [6.45, 7) is 10.3. The minimum absolute atomic E-state index is 0.239. The topological polar surface area (TPSA) is 98.4 Å². The Morgan fingerprint density at radius 1 is 1.15 bits per heavy atom. The van der Waals surface area contributed by atoms with E-state index in [1.165, 1.54) is 7.11 Å². The van der Waals surface area contributed by atoms with Gasteiger partial charge in [0, 0.05) is 45.0 Å². The van der Waals surface area contributed by atoms with Gasteiger partial charge in [-0.1, -0.05) is 6.07 Å². The SMILES string of the molecule is COC(=O)N1c2ccc(C3=CN(CC4CNCNC4)NC3)cc2N(C(=O)OC(C)C)C[C@@H]1C. The van der Waals surface area contributed by atoms with E-state index in [0.717, 1.165) is 37.4 Å². The predicted octanol–water partition coefficient (Wildman–Crippen LogP) is 1.94. The molecule has 0 aliphatic carbocycles. The number of benzene rings is 1. The molecule has 0 aromatic heterocycles. The van der Waals surface area contributed by atoms with Crippen LogP contribution in [-0.2, 0) is 9.47 Å². The third-order valence-electron chi connectivity index (χ3n) is 6.07. The molecule has 0 saturated carbocycles. The zero-order chi connectivity index (χ0) is 23.5. The van der Waals surface area contributed by atoms with Crippen molar-refractivity contribution in [2.75, 3.05) is 56.3 Å². The fourth-order valence-electron chi connectivity index (χ4n) is 4.52. The van der Waals surface area contributed by atoms with Crippen molar-refractivity contribution in [3.63, 3.8) is 0 Å². The van der Waals surface area contributed by atoms with Gasteiger partial charge in [-0.25, -0.2) is 15.0 Å². The first kappa shape index (κ1) is 23.3. The molecule has 0 radical (unpaired) electrons. The maximum absolute atomic E-state index is 12.9. The number of methoxy groups -OCH3 is 1. The van der Waals surface area contributed by atoms with Crippen LogP contribution in [-0.4, -0.2) is 75.8 Å².